The average Bonchev–Trinajstić information content (AvgIpc) is 2.40. The first-order valence-electron chi connectivity index (χ1n) is 6.77. The number of benzene rings is 1. The van der Waals surface area contributed by atoms with Crippen molar-refractivity contribution in [2.24, 2.45) is 5.73 Å². The van der Waals surface area contributed by atoms with Crippen LogP contribution >= 0.6 is 12.4 Å². The fourth-order valence-electron chi connectivity index (χ4n) is 1.63. The highest BCUT2D eigenvalue weighted by molar-refractivity contribution is 5.90. The molecule has 6 heteroatoms. The number of halogens is 1. The van der Waals surface area contributed by atoms with Crippen molar-refractivity contribution in [1.82, 2.24) is 0 Å². The molecule has 118 valence electrons. The van der Waals surface area contributed by atoms with Gasteiger partial charge in [0.15, 0.2) is 0 Å². The molecule has 0 fully saturated rings. The van der Waals surface area contributed by atoms with Crippen molar-refractivity contribution in [3.63, 3.8) is 0 Å². The van der Waals surface area contributed by atoms with Crippen LogP contribution in [0, 0.1) is 0 Å². The molecule has 0 aliphatic rings. The number of carbonyl (C=O) groups is 2. The number of rotatable bonds is 6. The highest BCUT2D eigenvalue weighted by atomic mass is 35.5. The topological polar surface area (TPSA) is 81.4 Å². The molecule has 1 rings (SSSR count). The number of hydrogen-bond acceptors (Lipinski definition) is 4. The van der Waals surface area contributed by atoms with Crippen molar-refractivity contribution in [2.45, 2.75) is 45.8 Å². The molecule has 0 heterocycles. The molecule has 5 nitrogen and oxygen atoms in total. The van der Waals surface area contributed by atoms with Crippen LogP contribution in [-0.4, -0.2) is 24.0 Å². The van der Waals surface area contributed by atoms with Crippen LogP contribution < -0.4 is 11.1 Å². The summed E-state index contributed by atoms with van der Waals surface area (Å²) in [4.78, 5) is 22.8. The maximum atomic E-state index is 11.6. The van der Waals surface area contributed by atoms with E-state index in [2.05, 4.69) is 5.32 Å². The second-order valence-corrected chi connectivity index (χ2v) is 4.89. The van der Waals surface area contributed by atoms with Crippen molar-refractivity contribution >= 4 is 30.0 Å². The smallest absolute Gasteiger partial charge is 0.323 e. The molecule has 1 atom stereocenters. The van der Waals surface area contributed by atoms with Crippen LogP contribution in [0.2, 0.25) is 0 Å². The number of hydrogen-bond donors (Lipinski definition) is 2. The van der Waals surface area contributed by atoms with Crippen LogP contribution in [0.1, 0.15) is 32.8 Å². The van der Waals surface area contributed by atoms with Gasteiger partial charge in [0.05, 0.1) is 6.10 Å². The summed E-state index contributed by atoms with van der Waals surface area (Å²) in [7, 11) is 0. The van der Waals surface area contributed by atoms with Crippen molar-refractivity contribution in [3.8, 4) is 0 Å². The second kappa shape index (κ2) is 9.37. The van der Waals surface area contributed by atoms with Crippen LogP contribution in [0.4, 0.5) is 5.69 Å². The number of nitrogens with two attached hydrogens (primary N) is 1. The Morgan fingerprint density at radius 1 is 1.24 bits per heavy atom. The van der Waals surface area contributed by atoms with Crippen LogP contribution in [-0.2, 0) is 20.7 Å². The van der Waals surface area contributed by atoms with E-state index in [0.717, 1.165) is 11.3 Å². The predicted molar refractivity (Wildman–Crippen MR) is 85.5 cm³/mol. The third kappa shape index (κ3) is 7.11. The third-order valence-corrected chi connectivity index (χ3v) is 2.67. The van der Waals surface area contributed by atoms with E-state index < -0.39 is 12.0 Å². The number of nitrogens with one attached hydrogen (secondary N) is 1. The summed E-state index contributed by atoms with van der Waals surface area (Å²) in [6.07, 6.45) is 0.682. The fourth-order valence-corrected chi connectivity index (χ4v) is 1.63. The van der Waals surface area contributed by atoms with Crippen LogP contribution in [0.5, 0.6) is 0 Å². The summed E-state index contributed by atoms with van der Waals surface area (Å²) in [5, 5.41) is 2.76. The summed E-state index contributed by atoms with van der Waals surface area (Å²) >= 11 is 0. The van der Waals surface area contributed by atoms with Gasteiger partial charge in [0.2, 0.25) is 5.91 Å². The van der Waals surface area contributed by atoms with Crippen molar-refractivity contribution < 1.29 is 14.3 Å². The molecule has 0 radical (unpaired) electrons. The molecule has 1 aromatic rings. The van der Waals surface area contributed by atoms with E-state index in [-0.39, 0.29) is 24.4 Å². The predicted octanol–water partition coefficient (Wildman–Crippen LogP) is 2.28. The first-order valence-corrected chi connectivity index (χ1v) is 6.77. The van der Waals surface area contributed by atoms with Crippen molar-refractivity contribution in [3.05, 3.63) is 29.8 Å². The molecular formula is C15H23ClN2O3. The first kappa shape index (κ1) is 19.4. The van der Waals surface area contributed by atoms with Gasteiger partial charge in [-0.05, 0) is 38.0 Å². The lowest BCUT2D eigenvalue weighted by atomic mass is 10.1. The lowest BCUT2D eigenvalue weighted by molar-refractivity contribution is -0.148. The van der Waals surface area contributed by atoms with Gasteiger partial charge in [0.1, 0.15) is 6.04 Å². The molecule has 0 aromatic heterocycles. The standard InChI is InChI=1S/C15H22N2O3.ClH/c1-4-14(18)17-12-7-5-11(6-8-12)9-13(16)15(19)20-10(2)3;/h5-8,10,13H,4,9,16H2,1-3H3,(H,17,18);1H/t13-;/m0./s1. The van der Waals surface area contributed by atoms with Crippen LogP contribution in [0.15, 0.2) is 24.3 Å². The molecule has 1 amide bonds. The SMILES string of the molecule is CCC(=O)Nc1ccc(C[C@H](N)C(=O)OC(C)C)cc1.Cl. The quantitative estimate of drug-likeness (QED) is 0.789. The molecule has 0 aliphatic carbocycles. The minimum absolute atomic E-state index is 0. The largest absolute Gasteiger partial charge is 0.462 e. The lowest BCUT2D eigenvalue weighted by Gasteiger charge is -2.14. The van der Waals surface area contributed by atoms with E-state index in [0.29, 0.717) is 12.8 Å². The number of amides is 1. The maximum absolute atomic E-state index is 11.6. The molecule has 21 heavy (non-hydrogen) atoms. The van der Waals surface area contributed by atoms with Gasteiger partial charge in [-0.15, -0.1) is 12.4 Å². The van der Waals surface area contributed by atoms with E-state index in [4.69, 9.17) is 10.5 Å². The Hall–Kier alpha value is -1.59. The Morgan fingerprint density at radius 3 is 2.29 bits per heavy atom. The third-order valence-electron chi connectivity index (χ3n) is 2.67. The van der Waals surface area contributed by atoms with Crippen molar-refractivity contribution in [1.29, 1.82) is 0 Å². The zero-order chi connectivity index (χ0) is 15.1. The summed E-state index contributed by atoms with van der Waals surface area (Å²) < 4.78 is 5.05. The zero-order valence-corrected chi connectivity index (χ0v) is 13.4. The summed E-state index contributed by atoms with van der Waals surface area (Å²) in [6, 6.07) is 6.60. The summed E-state index contributed by atoms with van der Waals surface area (Å²) in [6.45, 7) is 5.37. The molecular weight excluding hydrogens is 292 g/mol. The number of esters is 1. The Kier molecular flexibility index (Phi) is 8.66. The van der Waals surface area contributed by atoms with Gasteiger partial charge in [-0.1, -0.05) is 19.1 Å². The Morgan fingerprint density at radius 2 is 1.81 bits per heavy atom. The van der Waals surface area contributed by atoms with Crippen molar-refractivity contribution in [2.75, 3.05) is 5.32 Å². The molecule has 3 N–H and O–H groups in total. The van der Waals surface area contributed by atoms with E-state index in [1.165, 1.54) is 0 Å². The number of carbonyl (C=O) groups excluding carboxylic acids is 2. The fraction of sp³-hybridized carbons (Fsp3) is 0.467. The average molecular weight is 315 g/mol. The minimum atomic E-state index is -0.673. The molecule has 0 saturated carbocycles. The Bertz CT molecular complexity index is 460. The van der Waals surface area contributed by atoms with Gasteiger partial charge in [-0.25, -0.2) is 0 Å². The number of ether oxygens (including phenoxy) is 1. The van der Waals surface area contributed by atoms with Gasteiger partial charge in [-0.3, -0.25) is 9.59 Å². The van der Waals surface area contributed by atoms with Gasteiger partial charge >= 0.3 is 5.97 Å². The molecule has 0 spiro atoms. The Labute approximate surface area is 131 Å². The van der Waals surface area contributed by atoms with Gasteiger partial charge in [0.25, 0.3) is 0 Å². The summed E-state index contributed by atoms with van der Waals surface area (Å²) in [5.41, 5.74) is 7.45. The van der Waals surface area contributed by atoms with E-state index in [9.17, 15) is 9.59 Å². The van der Waals surface area contributed by atoms with Crippen LogP contribution in [0.25, 0.3) is 0 Å². The van der Waals surface area contributed by atoms with Gasteiger partial charge in [-0.2, -0.15) is 0 Å². The van der Waals surface area contributed by atoms with Crippen LogP contribution in [0.3, 0.4) is 0 Å². The molecule has 0 saturated heterocycles. The van der Waals surface area contributed by atoms with E-state index >= 15 is 0 Å². The zero-order valence-electron chi connectivity index (χ0n) is 12.6. The van der Waals surface area contributed by atoms with E-state index in [1.54, 1.807) is 32.9 Å². The first-order chi connectivity index (χ1) is 9.42. The number of anilines is 1. The van der Waals surface area contributed by atoms with Gasteiger partial charge < -0.3 is 15.8 Å². The highest BCUT2D eigenvalue weighted by Gasteiger charge is 2.16. The lowest BCUT2D eigenvalue weighted by Crippen LogP contribution is -2.35. The maximum Gasteiger partial charge on any atom is 0.323 e. The monoisotopic (exact) mass is 314 g/mol. The van der Waals surface area contributed by atoms with Gasteiger partial charge in [0, 0.05) is 12.1 Å². The molecule has 0 bridgehead atoms. The normalized spacial score (nSPS) is 11.5. The molecule has 0 unspecified atom stereocenters. The minimum Gasteiger partial charge on any atom is -0.462 e. The highest BCUT2D eigenvalue weighted by Crippen LogP contribution is 2.11. The Balaban J connectivity index is 0.00000400. The molecule has 1 aromatic carbocycles. The second-order valence-electron chi connectivity index (χ2n) is 4.89. The molecule has 0 aliphatic heterocycles. The van der Waals surface area contributed by atoms with E-state index in [1.807, 2.05) is 12.1 Å². The summed E-state index contributed by atoms with van der Waals surface area (Å²) in [5.74, 6) is -0.432.